The fraction of sp³-hybridized carbons (Fsp3) is 0.545. The number of Topliss-reactive ketones (excluding diaryl/α,β-unsaturated/α-hetero) is 1. The largest absolute Gasteiger partial charge is 0.469 e. The molecule has 0 radical (unpaired) electrons. The van der Waals surface area contributed by atoms with E-state index in [1.807, 2.05) is 6.92 Å². The summed E-state index contributed by atoms with van der Waals surface area (Å²) < 4.78 is 6.24. The number of carbonyl (C=O) groups excluding carboxylic acids is 2. The Morgan fingerprint density at radius 1 is 1.56 bits per heavy atom. The Morgan fingerprint density at radius 2 is 2.25 bits per heavy atom. The van der Waals surface area contributed by atoms with Crippen molar-refractivity contribution in [2.24, 2.45) is 5.92 Å². The Hall–Kier alpha value is -1.65. The summed E-state index contributed by atoms with van der Waals surface area (Å²) in [6.45, 7) is 4.34. The number of rotatable bonds is 5. The summed E-state index contributed by atoms with van der Waals surface area (Å²) in [6, 6.07) is 0. The van der Waals surface area contributed by atoms with Gasteiger partial charge in [-0.25, -0.2) is 0 Å². The smallest absolute Gasteiger partial charge is 0.308 e. The molecule has 1 aromatic heterocycles. The van der Waals surface area contributed by atoms with Crippen LogP contribution in [0.1, 0.15) is 30.6 Å². The van der Waals surface area contributed by atoms with E-state index < -0.39 is 5.92 Å². The lowest BCUT2D eigenvalue weighted by atomic mass is 10.0. The molecule has 0 N–H and O–H groups in total. The van der Waals surface area contributed by atoms with Gasteiger partial charge in [-0.15, -0.1) is 0 Å². The van der Waals surface area contributed by atoms with E-state index in [2.05, 4.69) is 9.84 Å². The summed E-state index contributed by atoms with van der Waals surface area (Å²) in [5.74, 6) is -0.865. The summed E-state index contributed by atoms with van der Waals surface area (Å²) in [4.78, 5) is 22.9. The average Bonchev–Trinajstić information content (AvgIpc) is 2.76. The summed E-state index contributed by atoms with van der Waals surface area (Å²) in [7, 11) is 1.32. The lowest BCUT2D eigenvalue weighted by Crippen LogP contribution is -2.16. The van der Waals surface area contributed by atoms with E-state index in [-0.39, 0.29) is 18.2 Å². The van der Waals surface area contributed by atoms with Crippen molar-refractivity contribution in [1.29, 1.82) is 0 Å². The zero-order chi connectivity index (χ0) is 12.1. The first-order valence-corrected chi connectivity index (χ1v) is 5.22. The van der Waals surface area contributed by atoms with Crippen LogP contribution in [-0.2, 0) is 16.1 Å². The highest BCUT2D eigenvalue weighted by Crippen LogP contribution is 2.10. The molecule has 1 rings (SSSR count). The molecule has 88 valence electrons. The molecular formula is C11H16N2O3. The highest BCUT2D eigenvalue weighted by molar-refractivity contribution is 5.97. The second-order valence-electron chi connectivity index (χ2n) is 3.64. The zero-order valence-corrected chi connectivity index (χ0v) is 9.77. The van der Waals surface area contributed by atoms with Gasteiger partial charge < -0.3 is 4.74 Å². The monoisotopic (exact) mass is 224 g/mol. The Kier molecular flexibility index (Phi) is 4.22. The molecule has 0 saturated heterocycles. The standard InChI is InChI=1S/C11H16N2O3/c1-4-13-7-9(6-12-13)10(14)5-8(2)11(15)16-3/h6-8H,4-5H2,1-3H3. The quantitative estimate of drug-likeness (QED) is 0.558. The van der Waals surface area contributed by atoms with E-state index in [0.29, 0.717) is 5.56 Å². The SMILES string of the molecule is CCn1cc(C(=O)CC(C)C(=O)OC)cn1. The fourth-order valence-electron chi connectivity index (χ4n) is 1.36. The minimum Gasteiger partial charge on any atom is -0.469 e. The number of aryl methyl sites for hydroxylation is 1. The highest BCUT2D eigenvalue weighted by atomic mass is 16.5. The minimum atomic E-state index is -0.414. The van der Waals surface area contributed by atoms with Crippen LogP contribution in [0.25, 0.3) is 0 Å². The number of carbonyl (C=O) groups is 2. The molecule has 0 aliphatic heterocycles. The Bertz CT molecular complexity index is 384. The maximum atomic E-state index is 11.7. The average molecular weight is 224 g/mol. The maximum Gasteiger partial charge on any atom is 0.308 e. The minimum absolute atomic E-state index is 0.0856. The number of ketones is 1. The van der Waals surface area contributed by atoms with Crippen LogP contribution in [0.2, 0.25) is 0 Å². The van der Waals surface area contributed by atoms with Crippen molar-refractivity contribution < 1.29 is 14.3 Å². The topological polar surface area (TPSA) is 61.2 Å². The van der Waals surface area contributed by atoms with Crippen molar-refractivity contribution in [2.45, 2.75) is 26.8 Å². The van der Waals surface area contributed by atoms with Gasteiger partial charge in [0.25, 0.3) is 0 Å². The van der Waals surface area contributed by atoms with Gasteiger partial charge in [-0.1, -0.05) is 6.92 Å². The summed E-state index contributed by atoms with van der Waals surface area (Å²) in [5.41, 5.74) is 0.539. The molecular weight excluding hydrogens is 208 g/mol. The molecule has 0 aliphatic carbocycles. The molecule has 5 nitrogen and oxygen atoms in total. The number of aromatic nitrogens is 2. The molecule has 16 heavy (non-hydrogen) atoms. The van der Waals surface area contributed by atoms with E-state index in [1.165, 1.54) is 13.3 Å². The van der Waals surface area contributed by atoms with Gasteiger partial charge in [-0.05, 0) is 6.92 Å². The lowest BCUT2D eigenvalue weighted by Gasteiger charge is -2.06. The molecule has 0 aromatic carbocycles. The first-order valence-electron chi connectivity index (χ1n) is 5.22. The third-order valence-corrected chi connectivity index (χ3v) is 2.37. The Balaban J connectivity index is 2.61. The highest BCUT2D eigenvalue weighted by Gasteiger charge is 2.19. The molecule has 0 bridgehead atoms. The fourth-order valence-corrected chi connectivity index (χ4v) is 1.36. The lowest BCUT2D eigenvalue weighted by molar-refractivity contribution is -0.144. The first-order chi connectivity index (χ1) is 7.58. The normalized spacial score (nSPS) is 12.2. The predicted octanol–water partition coefficient (Wildman–Crippen LogP) is 1.28. The van der Waals surface area contributed by atoms with Crippen LogP contribution in [-0.4, -0.2) is 28.6 Å². The molecule has 1 unspecified atom stereocenters. The van der Waals surface area contributed by atoms with E-state index >= 15 is 0 Å². The number of hydrogen-bond acceptors (Lipinski definition) is 4. The molecule has 5 heteroatoms. The van der Waals surface area contributed by atoms with Crippen molar-refractivity contribution in [3.63, 3.8) is 0 Å². The molecule has 0 saturated carbocycles. The van der Waals surface area contributed by atoms with E-state index in [0.717, 1.165) is 6.54 Å². The second-order valence-corrected chi connectivity index (χ2v) is 3.64. The van der Waals surface area contributed by atoms with Crippen LogP contribution in [0.15, 0.2) is 12.4 Å². The molecule has 1 heterocycles. The zero-order valence-electron chi connectivity index (χ0n) is 9.77. The summed E-state index contributed by atoms with van der Waals surface area (Å²) in [5, 5.41) is 4.01. The van der Waals surface area contributed by atoms with Gasteiger partial charge in [0.05, 0.1) is 24.8 Å². The second kappa shape index (κ2) is 5.44. The Labute approximate surface area is 94.4 Å². The molecule has 0 spiro atoms. The van der Waals surface area contributed by atoms with Crippen LogP contribution in [0.3, 0.4) is 0 Å². The number of esters is 1. The van der Waals surface area contributed by atoms with Crippen LogP contribution in [0.5, 0.6) is 0 Å². The van der Waals surface area contributed by atoms with Gasteiger partial charge in [0.1, 0.15) is 0 Å². The van der Waals surface area contributed by atoms with Gasteiger partial charge in [-0.2, -0.15) is 5.10 Å². The van der Waals surface area contributed by atoms with Crippen molar-refractivity contribution in [1.82, 2.24) is 9.78 Å². The van der Waals surface area contributed by atoms with Gasteiger partial charge >= 0.3 is 5.97 Å². The van der Waals surface area contributed by atoms with Crippen molar-refractivity contribution >= 4 is 11.8 Å². The maximum absolute atomic E-state index is 11.7. The van der Waals surface area contributed by atoms with E-state index in [4.69, 9.17) is 0 Å². The van der Waals surface area contributed by atoms with Gasteiger partial charge in [-0.3, -0.25) is 14.3 Å². The van der Waals surface area contributed by atoms with Gasteiger partial charge in [0.2, 0.25) is 0 Å². The Morgan fingerprint density at radius 3 is 2.75 bits per heavy atom. The van der Waals surface area contributed by atoms with Crippen LogP contribution in [0, 0.1) is 5.92 Å². The molecule has 1 aromatic rings. The third kappa shape index (κ3) is 2.92. The van der Waals surface area contributed by atoms with E-state index in [9.17, 15) is 9.59 Å². The van der Waals surface area contributed by atoms with Crippen LogP contribution < -0.4 is 0 Å². The van der Waals surface area contributed by atoms with Gasteiger partial charge in [0, 0.05) is 19.2 Å². The van der Waals surface area contributed by atoms with Crippen molar-refractivity contribution in [3.8, 4) is 0 Å². The third-order valence-electron chi connectivity index (χ3n) is 2.37. The van der Waals surface area contributed by atoms with Gasteiger partial charge in [0.15, 0.2) is 5.78 Å². The van der Waals surface area contributed by atoms with Crippen molar-refractivity contribution in [2.75, 3.05) is 7.11 Å². The molecule has 1 atom stereocenters. The number of methoxy groups -OCH3 is 1. The summed E-state index contributed by atoms with van der Waals surface area (Å²) >= 11 is 0. The molecule has 0 aliphatic rings. The number of hydrogen-bond donors (Lipinski definition) is 0. The molecule has 0 amide bonds. The van der Waals surface area contributed by atoms with E-state index in [1.54, 1.807) is 17.8 Å². The molecule has 0 fully saturated rings. The number of ether oxygens (including phenoxy) is 1. The number of nitrogens with zero attached hydrogens (tertiary/aromatic N) is 2. The van der Waals surface area contributed by atoms with Crippen LogP contribution in [0.4, 0.5) is 0 Å². The predicted molar refractivity (Wildman–Crippen MR) is 58.0 cm³/mol. The van der Waals surface area contributed by atoms with Crippen molar-refractivity contribution in [3.05, 3.63) is 18.0 Å². The van der Waals surface area contributed by atoms with Crippen LogP contribution >= 0.6 is 0 Å². The summed E-state index contributed by atoms with van der Waals surface area (Å²) in [6.07, 6.45) is 3.37. The first kappa shape index (κ1) is 12.4.